The quantitative estimate of drug-likeness (QED) is 0.760. The Balaban J connectivity index is 2.85. The number of hydrogen-bond acceptors (Lipinski definition) is 6. The van der Waals surface area contributed by atoms with E-state index in [4.69, 9.17) is 9.57 Å². The SMILES string of the molecule is CC[C@H](C)[C@H](NC(=O)OC(C)(C)C)C(=O)On1c(O)ccc1O. The molecule has 1 aromatic heterocycles. The fraction of sp³-hybridized carbons (Fsp3) is 0.600. The number of ether oxygens (including phenoxy) is 1. The molecule has 8 heteroatoms. The van der Waals surface area contributed by atoms with Crippen LogP contribution in [0.1, 0.15) is 41.0 Å². The van der Waals surface area contributed by atoms with Crippen LogP contribution in [-0.4, -0.2) is 38.6 Å². The second-order valence-electron chi connectivity index (χ2n) is 6.26. The molecule has 0 saturated heterocycles. The van der Waals surface area contributed by atoms with Crippen LogP contribution in [0.15, 0.2) is 12.1 Å². The lowest BCUT2D eigenvalue weighted by molar-refractivity contribution is -0.149. The Morgan fingerprint density at radius 1 is 1.26 bits per heavy atom. The average molecular weight is 328 g/mol. The molecule has 1 aromatic rings. The lowest BCUT2D eigenvalue weighted by Gasteiger charge is -2.25. The number of carbonyl (C=O) groups excluding carboxylic acids is 2. The summed E-state index contributed by atoms with van der Waals surface area (Å²) >= 11 is 0. The van der Waals surface area contributed by atoms with Gasteiger partial charge in [-0.3, -0.25) is 0 Å². The standard InChI is InChI=1S/C15H24N2O6/c1-6-9(2)12(16-14(21)22-15(3,4)5)13(20)23-17-10(18)7-8-11(17)19/h7-9,12,18-19H,6H2,1-5H3,(H,16,21)/t9-,12-/m0/s1. The second-order valence-corrected chi connectivity index (χ2v) is 6.26. The highest BCUT2D eigenvalue weighted by Gasteiger charge is 2.31. The van der Waals surface area contributed by atoms with Gasteiger partial charge in [0.2, 0.25) is 11.8 Å². The maximum absolute atomic E-state index is 12.3. The van der Waals surface area contributed by atoms with Crippen molar-refractivity contribution in [2.24, 2.45) is 5.92 Å². The summed E-state index contributed by atoms with van der Waals surface area (Å²) in [5.74, 6) is -1.94. The van der Waals surface area contributed by atoms with Gasteiger partial charge in [-0.2, -0.15) is 0 Å². The smallest absolute Gasteiger partial charge is 0.408 e. The predicted octanol–water partition coefficient (Wildman–Crippen LogP) is 1.79. The Labute approximate surface area is 135 Å². The first-order valence-electron chi connectivity index (χ1n) is 7.36. The van der Waals surface area contributed by atoms with Crippen molar-refractivity contribution in [3.63, 3.8) is 0 Å². The lowest BCUT2D eigenvalue weighted by atomic mass is 9.99. The highest BCUT2D eigenvalue weighted by molar-refractivity contribution is 5.82. The first-order chi connectivity index (χ1) is 10.5. The van der Waals surface area contributed by atoms with E-state index in [1.165, 1.54) is 12.1 Å². The number of hydrogen-bond donors (Lipinski definition) is 3. The van der Waals surface area contributed by atoms with Crippen LogP contribution >= 0.6 is 0 Å². The van der Waals surface area contributed by atoms with Crippen LogP contribution in [0.2, 0.25) is 0 Å². The van der Waals surface area contributed by atoms with E-state index in [1.54, 1.807) is 27.7 Å². The molecular formula is C15H24N2O6. The van der Waals surface area contributed by atoms with Crippen molar-refractivity contribution < 1.29 is 29.4 Å². The molecule has 130 valence electrons. The van der Waals surface area contributed by atoms with E-state index in [0.29, 0.717) is 11.2 Å². The molecule has 23 heavy (non-hydrogen) atoms. The molecule has 1 rings (SSSR count). The van der Waals surface area contributed by atoms with Crippen molar-refractivity contribution in [1.82, 2.24) is 10.0 Å². The van der Waals surface area contributed by atoms with Gasteiger partial charge in [-0.05, 0) is 26.7 Å². The minimum atomic E-state index is -0.990. The van der Waals surface area contributed by atoms with Crippen molar-refractivity contribution >= 4 is 12.1 Å². The summed E-state index contributed by atoms with van der Waals surface area (Å²) in [6, 6.07) is 1.35. The molecule has 0 fully saturated rings. The third-order valence-electron chi connectivity index (χ3n) is 3.12. The van der Waals surface area contributed by atoms with Gasteiger partial charge in [0, 0.05) is 12.1 Å². The number of nitrogens with one attached hydrogen (secondary N) is 1. The van der Waals surface area contributed by atoms with Gasteiger partial charge in [0.25, 0.3) is 0 Å². The normalized spacial score (nSPS) is 14.0. The molecule has 1 amide bonds. The molecule has 0 saturated carbocycles. The van der Waals surface area contributed by atoms with Crippen molar-refractivity contribution in [3.8, 4) is 11.8 Å². The molecule has 0 aliphatic carbocycles. The van der Waals surface area contributed by atoms with Crippen LogP contribution in [0.4, 0.5) is 4.79 Å². The first kappa shape index (κ1) is 18.7. The summed E-state index contributed by atoms with van der Waals surface area (Å²) in [6.07, 6.45) is -0.153. The molecule has 3 N–H and O–H groups in total. The maximum Gasteiger partial charge on any atom is 0.408 e. The number of carbonyl (C=O) groups is 2. The van der Waals surface area contributed by atoms with Gasteiger partial charge in [-0.25, -0.2) is 9.59 Å². The Morgan fingerprint density at radius 2 is 1.78 bits per heavy atom. The number of alkyl carbamates (subject to hydrolysis) is 1. The maximum atomic E-state index is 12.3. The van der Waals surface area contributed by atoms with E-state index >= 15 is 0 Å². The van der Waals surface area contributed by atoms with E-state index < -0.39 is 35.5 Å². The van der Waals surface area contributed by atoms with E-state index in [1.807, 2.05) is 6.92 Å². The molecule has 8 nitrogen and oxygen atoms in total. The molecule has 0 aromatic carbocycles. The number of aromatic nitrogens is 1. The van der Waals surface area contributed by atoms with E-state index in [-0.39, 0.29) is 5.92 Å². The van der Waals surface area contributed by atoms with Gasteiger partial charge >= 0.3 is 12.1 Å². The van der Waals surface area contributed by atoms with Crippen molar-refractivity contribution in [2.75, 3.05) is 0 Å². The molecule has 0 bridgehead atoms. The van der Waals surface area contributed by atoms with Crippen LogP contribution in [0, 0.1) is 5.92 Å². The van der Waals surface area contributed by atoms with Crippen LogP contribution in [0.25, 0.3) is 0 Å². The van der Waals surface area contributed by atoms with Gasteiger partial charge in [0.05, 0.1) is 0 Å². The molecule has 0 radical (unpaired) electrons. The van der Waals surface area contributed by atoms with Crippen molar-refractivity contribution in [2.45, 2.75) is 52.7 Å². The second kappa shape index (κ2) is 7.26. The van der Waals surface area contributed by atoms with E-state index in [0.717, 1.165) is 0 Å². The van der Waals surface area contributed by atoms with Crippen LogP contribution in [0.3, 0.4) is 0 Å². The van der Waals surface area contributed by atoms with Gasteiger partial charge in [-0.1, -0.05) is 20.3 Å². The van der Waals surface area contributed by atoms with Crippen LogP contribution < -0.4 is 10.2 Å². The van der Waals surface area contributed by atoms with Crippen molar-refractivity contribution in [3.05, 3.63) is 12.1 Å². The molecule has 2 atom stereocenters. The van der Waals surface area contributed by atoms with Crippen molar-refractivity contribution in [1.29, 1.82) is 0 Å². The minimum Gasteiger partial charge on any atom is -0.492 e. The topological polar surface area (TPSA) is 110 Å². The monoisotopic (exact) mass is 328 g/mol. The summed E-state index contributed by atoms with van der Waals surface area (Å²) in [4.78, 5) is 29.1. The number of aromatic hydroxyl groups is 2. The number of nitrogens with zero attached hydrogens (tertiary/aromatic N) is 1. The molecule has 1 heterocycles. The fourth-order valence-corrected chi connectivity index (χ4v) is 1.75. The molecular weight excluding hydrogens is 304 g/mol. The largest absolute Gasteiger partial charge is 0.492 e. The Hall–Kier alpha value is -2.38. The van der Waals surface area contributed by atoms with Gasteiger partial charge in [0.15, 0.2) is 0 Å². The van der Waals surface area contributed by atoms with Crippen LogP contribution in [0.5, 0.6) is 11.8 Å². The summed E-state index contributed by atoms with van der Waals surface area (Å²) in [5.41, 5.74) is -0.703. The zero-order chi connectivity index (χ0) is 17.8. The molecule has 0 unspecified atom stereocenters. The lowest BCUT2D eigenvalue weighted by Crippen LogP contribution is -2.49. The average Bonchev–Trinajstić information content (AvgIpc) is 2.73. The third kappa shape index (κ3) is 5.39. The number of rotatable bonds is 5. The Morgan fingerprint density at radius 3 is 2.22 bits per heavy atom. The summed E-state index contributed by atoms with van der Waals surface area (Å²) in [6.45, 7) is 8.74. The van der Waals surface area contributed by atoms with Gasteiger partial charge < -0.3 is 25.1 Å². The highest BCUT2D eigenvalue weighted by atomic mass is 16.7. The van der Waals surface area contributed by atoms with E-state index in [9.17, 15) is 19.8 Å². The zero-order valence-corrected chi connectivity index (χ0v) is 14.0. The van der Waals surface area contributed by atoms with E-state index in [2.05, 4.69) is 5.32 Å². The van der Waals surface area contributed by atoms with Gasteiger partial charge in [0.1, 0.15) is 11.6 Å². The number of amides is 1. The molecule has 0 aliphatic heterocycles. The third-order valence-corrected chi connectivity index (χ3v) is 3.12. The van der Waals surface area contributed by atoms with Crippen LogP contribution in [-0.2, 0) is 9.53 Å². The highest BCUT2D eigenvalue weighted by Crippen LogP contribution is 2.20. The van der Waals surface area contributed by atoms with Gasteiger partial charge in [-0.15, -0.1) is 4.73 Å². The predicted molar refractivity (Wildman–Crippen MR) is 82.0 cm³/mol. The summed E-state index contributed by atoms with van der Waals surface area (Å²) < 4.78 is 5.71. The summed E-state index contributed by atoms with van der Waals surface area (Å²) in [5, 5.41) is 21.5. The Kier molecular flexibility index (Phi) is 5.89. The molecule has 0 spiro atoms. The minimum absolute atomic E-state index is 0.241. The first-order valence-corrected chi connectivity index (χ1v) is 7.36. The summed E-state index contributed by atoms with van der Waals surface area (Å²) in [7, 11) is 0. The fourth-order valence-electron chi connectivity index (χ4n) is 1.75. The Bertz CT molecular complexity index is 541. The zero-order valence-electron chi connectivity index (χ0n) is 14.0. The molecule has 0 aliphatic rings.